The number of carbonyl (C=O) groups excluding carboxylic acids is 1. The van der Waals surface area contributed by atoms with Gasteiger partial charge in [0.25, 0.3) is 5.91 Å². The molecule has 2 aromatic rings. The van der Waals surface area contributed by atoms with E-state index in [-0.39, 0.29) is 11.9 Å². The first-order valence-electron chi connectivity index (χ1n) is 8.49. The monoisotopic (exact) mass is 314 g/mol. The summed E-state index contributed by atoms with van der Waals surface area (Å²) >= 11 is 0. The maximum Gasteiger partial charge on any atom is 0.276 e. The first kappa shape index (κ1) is 14.5. The average molecular weight is 314 g/mol. The van der Waals surface area contributed by atoms with Crippen molar-refractivity contribution in [2.75, 3.05) is 6.54 Å². The molecular weight excluding hydrogens is 292 g/mol. The van der Waals surface area contributed by atoms with E-state index >= 15 is 0 Å². The molecular formula is C17H22N4O2. The van der Waals surface area contributed by atoms with Crippen molar-refractivity contribution in [1.82, 2.24) is 19.8 Å². The molecule has 23 heavy (non-hydrogen) atoms. The zero-order valence-corrected chi connectivity index (χ0v) is 13.4. The van der Waals surface area contributed by atoms with E-state index < -0.39 is 0 Å². The maximum atomic E-state index is 13.0. The van der Waals surface area contributed by atoms with Gasteiger partial charge in [0.1, 0.15) is 5.76 Å². The minimum atomic E-state index is -0.0294. The Balaban J connectivity index is 1.60. The zero-order chi connectivity index (χ0) is 15.8. The van der Waals surface area contributed by atoms with Crippen LogP contribution < -0.4 is 0 Å². The molecule has 0 N–H and O–H groups in total. The topological polar surface area (TPSA) is 64.2 Å². The van der Waals surface area contributed by atoms with E-state index in [0.29, 0.717) is 11.6 Å². The average Bonchev–Trinajstić information content (AvgIpc) is 3.21. The van der Waals surface area contributed by atoms with E-state index in [4.69, 9.17) is 4.52 Å². The van der Waals surface area contributed by atoms with Crippen LogP contribution in [0.4, 0.5) is 0 Å². The van der Waals surface area contributed by atoms with Gasteiger partial charge in [-0.05, 0) is 31.7 Å². The summed E-state index contributed by atoms with van der Waals surface area (Å²) < 4.78 is 7.16. The number of amides is 1. The molecule has 2 fully saturated rings. The fraction of sp³-hybridized carbons (Fsp3) is 0.588. The van der Waals surface area contributed by atoms with Crippen molar-refractivity contribution in [2.24, 2.45) is 7.05 Å². The Hall–Kier alpha value is -2.11. The molecule has 1 aliphatic carbocycles. The molecule has 6 nitrogen and oxygen atoms in total. The Morgan fingerprint density at radius 1 is 1.26 bits per heavy atom. The number of carbonyl (C=O) groups is 1. The summed E-state index contributed by atoms with van der Waals surface area (Å²) in [6, 6.07) is 3.88. The van der Waals surface area contributed by atoms with Crippen LogP contribution in [0.2, 0.25) is 0 Å². The highest BCUT2D eigenvalue weighted by Crippen LogP contribution is 2.40. The Bertz CT molecular complexity index is 701. The van der Waals surface area contributed by atoms with E-state index in [9.17, 15) is 4.79 Å². The molecule has 4 rings (SSSR count). The molecule has 6 heteroatoms. The molecule has 2 aliphatic rings. The Morgan fingerprint density at radius 3 is 2.87 bits per heavy atom. The number of hydrogen-bond donors (Lipinski definition) is 0. The van der Waals surface area contributed by atoms with Crippen molar-refractivity contribution in [3.63, 3.8) is 0 Å². The van der Waals surface area contributed by atoms with Gasteiger partial charge in [0, 0.05) is 31.8 Å². The van der Waals surface area contributed by atoms with Gasteiger partial charge in [0.05, 0.1) is 11.7 Å². The molecule has 1 saturated heterocycles. The summed E-state index contributed by atoms with van der Waals surface area (Å²) in [6.07, 6.45) is 8.48. The van der Waals surface area contributed by atoms with Crippen LogP contribution in [0, 0.1) is 0 Å². The van der Waals surface area contributed by atoms with Crippen LogP contribution in [-0.2, 0) is 7.05 Å². The Morgan fingerprint density at radius 2 is 2.13 bits per heavy atom. The van der Waals surface area contributed by atoms with Crippen molar-refractivity contribution >= 4 is 5.91 Å². The van der Waals surface area contributed by atoms with Crippen LogP contribution in [0.1, 0.15) is 72.4 Å². The Labute approximate surface area is 135 Å². The minimum absolute atomic E-state index is 0.0294. The maximum absolute atomic E-state index is 13.0. The third kappa shape index (κ3) is 2.90. The highest BCUT2D eigenvalue weighted by atomic mass is 16.5. The van der Waals surface area contributed by atoms with Crippen LogP contribution in [0.5, 0.6) is 0 Å². The first-order chi connectivity index (χ1) is 11.2. The fourth-order valence-corrected chi connectivity index (χ4v) is 3.37. The van der Waals surface area contributed by atoms with Crippen LogP contribution in [0.3, 0.4) is 0 Å². The summed E-state index contributed by atoms with van der Waals surface area (Å²) in [4.78, 5) is 14.9. The van der Waals surface area contributed by atoms with Crippen LogP contribution in [0.15, 0.2) is 22.9 Å². The largest absolute Gasteiger partial charge is 0.360 e. The quantitative estimate of drug-likeness (QED) is 0.873. The van der Waals surface area contributed by atoms with Gasteiger partial charge in [-0.3, -0.25) is 9.48 Å². The molecule has 122 valence electrons. The number of likely N-dealkylation sites (tertiary alicyclic amines) is 1. The molecule has 0 unspecified atom stereocenters. The predicted octanol–water partition coefficient (Wildman–Crippen LogP) is 3.04. The van der Waals surface area contributed by atoms with Gasteiger partial charge in [0.15, 0.2) is 5.69 Å². The van der Waals surface area contributed by atoms with Crippen LogP contribution in [-0.4, -0.2) is 32.3 Å². The number of hydrogen-bond acceptors (Lipinski definition) is 4. The van der Waals surface area contributed by atoms with Gasteiger partial charge >= 0.3 is 0 Å². The van der Waals surface area contributed by atoms with Crippen molar-refractivity contribution < 1.29 is 9.32 Å². The van der Waals surface area contributed by atoms with E-state index in [1.54, 1.807) is 4.68 Å². The second-order valence-electron chi connectivity index (χ2n) is 6.67. The molecule has 2 aromatic heterocycles. The van der Waals surface area contributed by atoms with E-state index in [1.807, 2.05) is 30.3 Å². The summed E-state index contributed by atoms with van der Waals surface area (Å²) in [6.45, 7) is 0.756. The summed E-state index contributed by atoms with van der Waals surface area (Å²) in [5, 5.41) is 8.55. The molecule has 1 aliphatic heterocycles. The van der Waals surface area contributed by atoms with Gasteiger partial charge in [-0.25, -0.2) is 0 Å². The van der Waals surface area contributed by atoms with Crippen molar-refractivity contribution in [3.05, 3.63) is 35.5 Å². The Kier molecular flexibility index (Phi) is 3.67. The molecule has 0 spiro atoms. The molecule has 0 bridgehead atoms. The lowest BCUT2D eigenvalue weighted by atomic mass is 10.1. The van der Waals surface area contributed by atoms with Crippen molar-refractivity contribution in [1.29, 1.82) is 0 Å². The lowest BCUT2D eigenvalue weighted by Gasteiger charge is -2.28. The van der Waals surface area contributed by atoms with Gasteiger partial charge in [-0.15, -0.1) is 0 Å². The first-order valence-corrected chi connectivity index (χ1v) is 8.49. The standard InChI is InChI=1S/C17H22N4O2/c1-20-10-8-13(18-20)15-5-3-2-4-9-21(15)17(22)14-11-16(23-19-14)12-6-7-12/h8,10-12,15H,2-7,9H2,1H3/t15-/m0/s1. The van der Waals surface area contributed by atoms with Gasteiger partial charge in [0.2, 0.25) is 0 Å². The third-order valence-electron chi connectivity index (χ3n) is 4.82. The van der Waals surface area contributed by atoms with E-state index in [0.717, 1.165) is 56.5 Å². The third-order valence-corrected chi connectivity index (χ3v) is 4.82. The van der Waals surface area contributed by atoms with E-state index in [2.05, 4.69) is 10.3 Å². The summed E-state index contributed by atoms with van der Waals surface area (Å²) in [5.74, 6) is 1.30. The number of rotatable bonds is 3. The highest BCUT2D eigenvalue weighted by molar-refractivity contribution is 5.92. The number of aromatic nitrogens is 3. The summed E-state index contributed by atoms with van der Waals surface area (Å²) in [7, 11) is 1.91. The second-order valence-corrected chi connectivity index (χ2v) is 6.67. The highest BCUT2D eigenvalue weighted by Gasteiger charge is 2.33. The zero-order valence-electron chi connectivity index (χ0n) is 13.4. The van der Waals surface area contributed by atoms with Gasteiger partial charge < -0.3 is 9.42 Å². The fourth-order valence-electron chi connectivity index (χ4n) is 3.37. The molecule has 0 aromatic carbocycles. The van der Waals surface area contributed by atoms with Gasteiger partial charge in [-0.1, -0.05) is 18.0 Å². The predicted molar refractivity (Wildman–Crippen MR) is 83.9 cm³/mol. The molecule has 3 heterocycles. The number of aryl methyl sites for hydroxylation is 1. The molecule has 1 amide bonds. The van der Waals surface area contributed by atoms with Gasteiger partial charge in [-0.2, -0.15) is 5.10 Å². The lowest BCUT2D eigenvalue weighted by molar-refractivity contribution is 0.0665. The lowest BCUT2D eigenvalue weighted by Crippen LogP contribution is -2.35. The van der Waals surface area contributed by atoms with Crippen molar-refractivity contribution in [3.8, 4) is 0 Å². The molecule has 0 radical (unpaired) electrons. The molecule has 1 atom stereocenters. The smallest absolute Gasteiger partial charge is 0.276 e. The molecule has 1 saturated carbocycles. The minimum Gasteiger partial charge on any atom is -0.360 e. The second kappa shape index (κ2) is 5.83. The van der Waals surface area contributed by atoms with Crippen LogP contribution >= 0.6 is 0 Å². The van der Waals surface area contributed by atoms with Crippen molar-refractivity contribution in [2.45, 2.75) is 50.5 Å². The van der Waals surface area contributed by atoms with Crippen LogP contribution in [0.25, 0.3) is 0 Å². The van der Waals surface area contributed by atoms with E-state index in [1.165, 1.54) is 0 Å². The SMILES string of the molecule is Cn1ccc([C@@H]2CCCCCN2C(=O)c2cc(C3CC3)on2)n1. The normalized spacial score (nSPS) is 22.1. The number of nitrogens with zero attached hydrogens (tertiary/aromatic N) is 4. The summed E-state index contributed by atoms with van der Waals surface area (Å²) in [5.41, 5.74) is 1.41.